The van der Waals surface area contributed by atoms with Crippen LogP contribution >= 0.6 is 11.6 Å². The molecule has 1 aliphatic rings. The van der Waals surface area contributed by atoms with Crippen LogP contribution in [0.4, 0.5) is 17.1 Å². The second-order valence-electron chi connectivity index (χ2n) is 7.81. The Morgan fingerprint density at radius 1 is 0.875 bits per heavy atom. The molecule has 0 spiro atoms. The Morgan fingerprint density at radius 2 is 1.53 bits per heavy atom. The summed E-state index contributed by atoms with van der Waals surface area (Å²) in [7, 11) is 0. The Bertz CT molecular complexity index is 1160. The number of halogens is 1. The van der Waals surface area contributed by atoms with Gasteiger partial charge in [0.05, 0.1) is 11.3 Å². The number of carbonyl (C=O) groups excluding carboxylic acids is 1. The number of benzene rings is 3. The monoisotopic (exact) mass is 449 g/mol. The summed E-state index contributed by atoms with van der Waals surface area (Å²) in [6, 6.07) is 20.1. The van der Waals surface area contributed by atoms with E-state index in [-0.39, 0.29) is 17.2 Å². The number of hydrogen-bond acceptors (Lipinski definition) is 4. The fraction of sp³-hybridized carbons (Fsp3) is 0.200. The van der Waals surface area contributed by atoms with Crippen molar-refractivity contribution in [2.24, 2.45) is 0 Å². The quantitative estimate of drug-likeness (QED) is 0.578. The lowest BCUT2D eigenvalue weighted by atomic mass is 10.1. The molecule has 3 aromatic carbocycles. The smallest absolute Gasteiger partial charge is 0.337 e. The summed E-state index contributed by atoms with van der Waals surface area (Å²) in [5.74, 6) is -1.41. The second kappa shape index (κ2) is 9.32. The third kappa shape index (κ3) is 4.86. The van der Waals surface area contributed by atoms with E-state index in [1.807, 2.05) is 43.3 Å². The van der Waals surface area contributed by atoms with Crippen LogP contribution in [0.15, 0.2) is 66.7 Å². The first-order chi connectivity index (χ1) is 15.4. The van der Waals surface area contributed by atoms with E-state index in [4.69, 9.17) is 11.6 Å². The standard InChI is InChI=1S/C25H24ClN3O3/c1-17-4-2-5-18(14-17)24(30)27-23-9-8-21(16-22(23)25(31)32)29-12-10-28(11-13-29)20-7-3-6-19(26)15-20/h2-9,14-16H,10-13H2,1H3,(H,27,30)(H,31,32). The Hall–Kier alpha value is -3.51. The number of anilines is 3. The summed E-state index contributed by atoms with van der Waals surface area (Å²) in [4.78, 5) is 28.9. The number of aromatic carboxylic acids is 1. The number of carboxylic acids is 1. The minimum absolute atomic E-state index is 0.0702. The van der Waals surface area contributed by atoms with Crippen molar-refractivity contribution in [2.75, 3.05) is 41.3 Å². The van der Waals surface area contributed by atoms with Gasteiger partial charge in [0.25, 0.3) is 5.91 Å². The maximum atomic E-state index is 12.6. The largest absolute Gasteiger partial charge is 0.478 e. The van der Waals surface area contributed by atoms with E-state index in [1.165, 1.54) is 0 Å². The third-order valence-corrected chi connectivity index (χ3v) is 5.82. The van der Waals surface area contributed by atoms with Crippen LogP contribution in [0, 0.1) is 6.92 Å². The maximum Gasteiger partial charge on any atom is 0.337 e. The van der Waals surface area contributed by atoms with Crippen molar-refractivity contribution < 1.29 is 14.7 Å². The van der Waals surface area contributed by atoms with Gasteiger partial charge in [-0.1, -0.05) is 35.4 Å². The average molecular weight is 450 g/mol. The number of piperazine rings is 1. The molecule has 0 unspecified atom stereocenters. The van der Waals surface area contributed by atoms with Gasteiger partial charge in [-0.2, -0.15) is 0 Å². The molecule has 6 nitrogen and oxygen atoms in total. The number of nitrogens with one attached hydrogen (secondary N) is 1. The molecule has 0 bridgehead atoms. The summed E-state index contributed by atoms with van der Waals surface area (Å²) in [6.45, 7) is 5.00. The first-order valence-corrected chi connectivity index (χ1v) is 10.8. The first-order valence-electron chi connectivity index (χ1n) is 10.4. The van der Waals surface area contributed by atoms with E-state index in [0.717, 1.165) is 43.1 Å². The topological polar surface area (TPSA) is 72.9 Å². The number of hydrogen-bond donors (Lipinski definition) is 2. The predicted octanol–water partition coefficient (Wildman–Crippen LogP) is 4.93. The van der Waals surface area contributed by atoms with E-state index in [2.05, 4.69) is 15.1 Å². The van der Waals surface area contributed by atoms with Crippen molar-refractivity contribution in [1.82, 2.24) is 0 Å². The zero-order valence-electron chi connectivity index (χ0n) is 17.7. The molecular formula is C25H24ClN3O3. The number of carboxylic acid groups (broad SMARTS) is 1. The highest BCUT2D eigenvalue weighted by atomic mass is 35.5. The molecule has 0 saturated carbocycles. The highest BCUT2D eigenvalue weighted by Crippen LogP contribution is 2.27. The highest BCUT2D eigenvalue weighted by molar-refractivity contribution is 6.30. The lowest BCUT2D eigenvalue weighted by molar-refractivity contribution is 0.0698. The summed E-state index contributed by atoms with van der Waals surface area (Å²) < 4.78 is 0. The van der Waals surface area contributed by atoms with Crippen LogP contribution in [0.25, 0.3) is 0 Å². The van der Waals surface area contributed by atoms with Gasteiger partial charge in [0.1, 0.15) is 0 Å². The number of rotatable bonds is 5. The van der Waals surface area contributed by atoms with Gasteiger partial charge in [0.2, 0.25) is 0 Å². The minimum Gasteiger partial charge on any atom is -0.478 e. The summed E-state index contributed by atoms with van der Waals surface area (Å²) >= 11 is 6.11. The van der Waals surface area contributed by atoms with Crippen molar-refractivity contribution in [3.8, 4) is 0 Å². The van der Waals surface area contributed by atoms with Crippen LogP contribution in [-0.2, 0) is 0 Å². The van der Waals surface area contributed by atoms with Gasteiger partial charge in [-0.05, 0) is 55.5 Å². The Kier molecular flexibility index (Phi) is 6.32. The molecule has 0 atom stereocenters. The molecule has 32 heavy (non-hydrogen) atoms. The fourth-order valence-electron chi connectivity index (χ4n) is 3.89. The van der Waals surface area contributed by atoms with Gasteiger partial charge in [-0.3, -0.25) is 4.79 Å². The van der Waals surface area contributed by atoms with Gasteiger partial charge in [0, 0.05) is 48.1 Å². The van der Waals surface area contributed by atoms with E-state index in [0.29, 0.717) is 10.6 Å². The van der Waals surface area contributed by atoms with Gasteiger partial charge in [0.15, 0.2) is 0 Å². The zero-order valence-corrected chi connectivity index (χ0v) is 18.5. The lowest BCUT2D eigenvalue weighted by Crippen LogP contribution is -2.46. The summed E-state index contributed by atoms with van der Waals surface area (Å²) in [6.07, 6.45) is 0. The Labute approximate surface area is 192 Å². The van der Waals surface area contributed by atoms with Crippen molar-refractivity contribution in [1.29, 1.82) is 0 Å². The number of nitrogens with zero attached hydrogens (tertiary/aromatic N) is 2. The molecule has 2 N–H and O–H groups in total. The van der Waals surface area contributed by atoms with Gasteiger partial charge >= 0.3 is 5.97 Å². The predicted molar refractivity (Wildman–Crippen MR) is 128 cm³/mol. The van der Waals surface area contributed by atoms with Crippen molar-refractivity contribution in [2.45, 2.75) is 6.92 Å². The van der Waals surface area contributed by atoms with E-state index >= 15 is 0 Å². The lowest BCUT2D eigenvalue weighted by Gasteiger charge is -2.37. The Morgan fingerprint density at radius 3 is 2.16 bits per heavy atom. The summed E-state index contributed by atoms with van der Waals surface area (Å²) in [5, 5.41) is 13.2. The van der Waals surface area contributed by atoms with Crippen LogP contribution in [0.1, 0.15) is 26.3 Å². The normalized spacial score (nSPS) is 13.7. The number of amides is 1. The van der Waals surface area contributed by atoms with E-state index in [9.17, 15) is 14.7 Å². The molecule has 1 heterocycles. The first kappa shape index (κ1) is 21.7. The van der Waals surface area contributed by atoms with Crippen LogP contribution in [0.2, 0.25) is 5.02 Å². The minimum atomic E-state index is -1.08. The third-order valence-electron chi connectivity index (χ3n) is 5.58. The second-order valence-corrected chi connectivity index (χ2v) is 8.25. The molecular weight excluding hydrogens is 426 g/mol. The van der Waals surface area contributed by atoms with Crippen molar-refractivity contribution in [3.63, 3.8) is 0 Å². The Balaban J connectivity index is 1.48. The molecule has 0 radical (unpaired) electrons. The molecule has 1 amide bonds. The highest BCUT2D eigenvalue weighted by Gasteiger charge is 2.21. The van der Waals surface area contributed by atoms with Gasteiger partial charge < -0.3 is 20.2 Å². The van der Waals surface area contributed by atoms with Crippen LogP contribution in [-0.4, -0.2) is 43.2 Å². The van der Waals surface area contributed by atoms with E-state index in [1.54, 1.807) is 30.3 Å². The molecule has 0 aromatic heterocycles. The maximum absolute atomic E-state index is 12.6. The SMILES string of the molecule is Cc1cccc(C(=O)Nc2ccc(N3CCN(c4cccc(Cl)c4)CC3)cc2C(=O)O)c1. The molecule has 7 heteroatoms. The zero-order chi connectivity index (χ0) is 22.7. The van der Waals surface area contributed by atoms with E-state index < -0.39 is 5.97 Å². The molecule has 4 rings (SSSR count). The molecule has 1 fully saturated rings. The summed E-state index contributed by atoms with van der Waals surface area (Å²) in [5.41, 5.74) is 3.70. The van der Waals surface area contributed by atoms with Crippen LogP contribution < -0.4 is 15.1 Å². The van der Waals surface area contributed by atoms with Crippen molar-refractivity contribution >= 4 is 40.5 Å². The van der Waals surface area contributed by atoms with Crippen molar-refractivity contribution in [3.05, 3.63) is 88.4 Å². The van der Waals surface area contributed by atoms with Gasteiger partial charge in [-0.25, -0.2) is 4.79 Å². The number of carbonyl (C=O) groups is 2. The molecule has 1 saturated heterocycles. The molecule has 164 valence electrons. The average Bonchev–Trinajstić information content (AvgIpc) is 2.79. The van der Waals surface area contributed by atoms with Gasteiger partial charge in [-0.15, -0.1) is 0 Å². The molecule has 1 aliphatic heterocycles. The molecule has 0 aliphatic carbocycles. The fourth-order valence-corrected chi connectivity index (χ4v) is 4.08. The van der Waals surface area contributed by atoms with Crippen LogP contribution in [0.5, 0.6) is 0 Å². The molecule has 3 aromatic rings. The van der Waals surface area contributed by atoms with Crippen LogP contribution in [0.3, 0.4) is 0 Å². The number of aryl methyl sites for hydroxylation is 1.